The molecule has 2 amide bonds. The number of Topliss-reactive ketones (excluding diaryl/α,β-unsaturated/α-hetero) is 1. The van der Waals surface area contributed by atoms with E-state index in [1.165, 1.54) is 4.90 Å². The maximum Gasteiger partial charge on any atom is 0.326 e. The number of carboxylic acid groups (broad SMARTS) is 1. The fraction of sp³-hybridized carbons (Fsp3) is 0.727. The molecule has 3 atom stereocenters. The van der Waals surface area contributed by atoms with Crippen LogP contribution >= 0.6 is 0 Å². The van der Waals surface area contributed by atoms with E-state index in [4.69, 9.17) is 5.73 Å². The lowest BCUT2D eigenvalue weighted by molar-refractivity contribution is -0.143. The molecule has 0 aliphatic rings. The number of nitrogens with one attached hydrogen (secondary N) is 1. The zero-order valence-electron chi connectivity index (χ0n) is 19.8. The molecule has 0 aliphatic carbocycles. The summed E-state index contributed by atoms with van der Waals surface area (Å²) in [6.07, 6.45) is 1.36. The topological polar surface area (TPSA) is 130 Å². The third kappa shape index (κ3) is 8.26. The molecule has 0 spiro atoms. The second-order valence-corrected chi connectivity index (χ2v) is 9.57. The minimum absolute atomic E-state index is 0.00772. The SMILES string of the molecule is C/C(=C\[C@H](C(C)C)N(C)C(=O)[C@@H](N)C(C)(C)C)C(=O)NC(CC(=O)C(C)C)C(=O)O. The molecule has 0 aromatic rings. The maximum absolute atomic E-state index is 12.8. The molecular formula is C22H39N3O5. The Labute approximate surface area is 180 Å². The molecule has 8 nitrogen and oxygen atoms in total. The summed E-state index contributed by atoms with van der Waals surface area (Å²) in [5.74, 6) is -2.67. The van der Waals surface area contributed by atoms with E-state index in [1.54, 1.807) is 33.9 Å². The number of rotatable bonds is 10. The number of hydrogen-bond acceptors (Lipinski definition) is 5. The standard InChI is InChI=1S/C22H39N3O5/c1-12(2)16(25(9)20(28)18(23)22(6,7)8)10-14(5)19(27)24-15(21(29)30)11-17(26)13(3)4/h10,12-13,15-16,18H,11,23H2,1-9H3,(H,24,27)(H,29,30)/b14-10+/t15?,16-,18-/m1/s1. The van der Waals surface area contributed by atoms with Gasteiger partial charge in [-0.25, -0.2) is 4.79 Å². The number of carbonyl (C=O) groups is 4. The molecule has 172 valence electrons. The lowest BCUT2D eigenvalue weighted by Crippen LogP contribution is -2.52. The lowest BCUT2D eigenvalue weighted by Gasteiger charge is -2.35. The molecule has 0 heterocycles. The van der Waals surface area contributed by atoms with Gasteiger partial charge in [-0.3, -0.25) is 14.4 Å². The molecule has 0 rings (SSSR count). The Kier molecular flexibility index (Phi) is 10.4. The summed E-state index contributed by atoms with van der Waals surface area (Å²) in [6.45, 7) is 14.4. The average molecular weight is 426 g/mol. The number of likely N-dealkylation sites (N-methyl/N-ethyl adjacent to an activating group) is 1. The van der Waals surface area contributed by atoms with Crippen molar-refractivity contribution in [3.63, 3.8) is 0 Å². The van der Waals surface area contributed by atoms with Gasteiger partial charge in [-0.1, -0.05) is 54.5 Å². The smallest absolute Gasteiger partial charge is 0.326 e. The van der Waals surface area contributed by atoms with Crippen LogP contribution in [0.3, 0.4) is 0 Å². The average Bonchev–Trinajstić information content (AvgIpc) is 2.61. The Morgan fingerprint density at radius 2 is 1.60 bits per heavy atom. The predicted octanol–water partition coefficient (Wildman–Crippen LogP) is 1.97. The molecule has 1 unspecified atom stereocenters. The summed E-state index contributed by atoms with van der Waals surface area (Å²) in [4.78, 5) is 50.2. The van der Waals surface area contributed by atoms with Gasteiger partial charge < -0.3 is 21.1 Å². The van der Waals surface area contributed by atoms with Crippen molar-refractivity contribution in [3.8, 4) is 0 Å². The molecule has 0 radical (unpaired) electrons. The molecule has 0 aromatic heterocycles. The Bertz CT molecular complexity index is 677. The molecule has 0 aliphatic heterocycles. The van der Waals surface area contributed by atoms with E-state index in [1.807, 2.05) is 34.6 Å². The second kappa shape index (κ2) is 11.2. The molecule has 8 heteroatoms. The van der Waals surface area contributed by atoms with E-state index < -0.39 is 35.4 Å². The van der Waals surface area contributed by atoms with Crippen LogP contribution in [-0.4, -0.2) is 58.7 Å². The maximum atomic E-state index is 12.8. The van der Waals surface area contributed by atoms with Crippen molar-refractivity contribution in [2.24, 2.45) is 23.0 Å². The van der Waals surface area contributed by atoms with Gasteiger partial charge in [0.25, 0.3) is 0 Å². The van der Waals surface area contributed by atoms with Crippen molar-refractivity contribution < 1.29 is 24.3 Å². The summed E-state index contributed by atoms with van der Waals surface area (Å²) in [7, 11) is 1.64. The number of hydrogen-bond donors (Lipinski definition) is 3. The highest BCUT2D eigenvalue weighted by Gasteiger charge is 2.33. The van der Waals surface area contributed by atoms with Gasteiger partial charge in [-0.2, -0.15) is 0 Å². The molecular weight excluding hydrogens is 386 g/mol. The first-order valence-electron chi connectivity index (χ1n) is 10.3. The normalized spacial score (nSPS) is 15.5. The van der Waals surface area contributed by atoms with Crippen molar-refractivity contribution in [2.45, 2.75) is 79.9 Å². The first kappa shape index (κ1) is 27.8. The minimum atomic E-state index is -1.30. The Hall–Kier alpha value is -2.22. The van der Waals surface area contributed by atoms with Crippen LogP contribution in [0, 0.1) is 17.3 Å². The fourth-order valence-corrected chi connectivity index (χ4v) is 2.73. The zero-order valence-corrected chi connectivity index (χ0v) is 19.8. The van der Waals surface area contributed by atoms with Crippen LogP contribution in [0.4, 0.5) is 0 Å². The Morgan fingerprint density at radius 1 is 1.10 bits per heavy atom. The van der Waals surface area contributed by atoms with E-state index in [0.717, 1.165) is 0 Å². The lowest BCUT2D eigenvalue weighted by atomic mass is 9.86. The molecule has 30 heavy (non-hydrogen) atoms. The van der Waals surface area contributed by atoms with Crippen molar-refractivity contribution in [3.05, 3.63) is 11.6 Å². The Balaban J connectivity index is 5.54. The highest BCUT2D eigenvalue weighted by atomic mass is 16.4. The van der Waals surface area contributed by atoms with Gasteiger partial charge in [0.15, 0.2) is 0 Å². The van der Waals surface area contributed by atoms with Gasteiger partial charge >= 0.3 is 5.97 Å². The molecule has 0 aromatic carbocycles. The van der Waals surface area contributed by atoms with Crippen LogP contribution in [0.5, 0.6) is 0 Å². The van der Waals surface area contributed by atoms with Crippen LogP contribution in [-0.2, 0) is 19.2 Å². The number of ketones is 1. The van der Waals surface area contributed by atoms with Gasteiger partial charge in [0.1, 0.15) is 11.8 Å². The van der Waals surface area contributed by atoms with Gasteiger partial charge in [-0.05, 0) is 18.3 Å². The van der Waals surface area contributed by atoms with Crippen molar-refractivity contribution in [1.29, 1.82) is 0 Å². The largest absolute Gasteiger partial charge is 0.480 e. The molecule has 0 fully saturated rings. The molecule has 4 N–H and O–H groups in total. The van der Waals surface area contributed by atoms with Crippen LogP contribution < -0.4 is 11.1 Å². The van der Waals surface area contributed by atoms with E-state index >= 15 is 0 Å². The third-order valence-corrected chi connectivity index (χ3v) is 5.11. The van der Waals surface area contributed by atoms with Gasteiger partial charge in [-0.15, -0.1) is 0 Å². The summed E-state index contributed by atoms with van der Waals surface area (Å²) < 4.78 is 0. The molecule has 0 saturated carbocycles. The third-order valence-electron chi connectivity index (χ3n) is 5.11. The van der Waals surface area contributed by atoms with Crippen LogP contribution in [0.25, 0.3) is 0 Å². The quantitative estimate of drug-likeness (QED) is 0.459. The fourth-order valence-electron chi connectivity index (χ4n) is 2.73. The predicted molar refractivity (Wildman–Crippen MR) is 117 cm³/mol. The van der Waals surface area contributed by atoms with Crippen LogP contribution in [0.2, 0.25) is 0 Å². The highest BCUT2D eigenvalue weighted by molar-refractivity contribution is 5.97. The summed E-state index contributed by atoms with van der Waals surface area (Å²) in [5.41, 5.74) is 5.95. The monoisotopic (exact) mass is 425 g/mol. The number of carboxylic acids is 1. The van der Waals surface area contributed by atoms with E-state index in [9.17, 15) is 24.3 Å². The van der Waals surface area contributed by atoms with E-state index in [-0.39, 0.29) is 35.5 Å². The summed E-state index contributed by atoms with van der Waals surface area (Å²) >= 11 is 0. The van der Waals surface area contributed by atoms with Crippen molar-refractivity contribution >= 4 is 23.6 Å². The Morgan fingerprint density at radius 3 is 1.97 bits per heavy atom. The first-order chi connectivity index (χ1) is 13.5. The van der Waals surface area contributed by atoms with Crippen molar-refractivity contribution in [1.82, 2.24) is 10.2 Å². The number of carbonyl (C=O) groups excluding carboxylic acids is 3. The molecule has 0 saturated heterocycles. The first-order valence-corrected chi connectivity index (χ1v) is 10.3. The molecule has 0 bridgehead atoms. The number of amides is 2. The number of nitrogens with two attached hydrogens (primary N) is 1. The van der Waals surface area contributed by atoms with E-state index in [0.29, 0.717) is 0 Å². The van der Waals surface area contributed by atoms with Gasteiger partial charge in [0.2, 0.25) is 11.8 Å². The van der Waals surface area contributed by atoms with Crippen LogP contribution in [0.1, 0.15) is 61.8 Å². The van der Waals surface area contributed by atoms with Crippen LogP contribution in [0.15, 0.2) is 11.6 Å². The summed E-state index contributed by atoms with van der Waals surface area (Å²) in [5, 5.41) is 11.8. The summed E-state index contributed by atoms with van der Waals surface area (Å²) in [6, 6.07) is -2.41. The number of aliphatic carboxylic acids is 1. The zero-order chi connectivity index (χ0) is 24.0. The number of nitrogens with zero attached hydrogens (tertiary/aromatic N) is 1. The van der Waals surface area contributed by atoms with E-state index in [2.05, 4.69) is 5.32 Å². The van der Waals surface area contributed by atoms with Crippen molar-refractivity contribution in [2.75, 3.05) is 7.05 Å². The highest BCUT2D eigenvalue weighted by Crippen LogP contribution is 2.22. The van der Waals surface area contributed by atoms with Gasteiger partial charge in [0, 0.05) is 25.0 Å². The minimum Gasteiger partial charge on any atom is -0.480 e. The second-order valence-electron chi connectivity index (χ2n) is 9.57. The van der Waals surface area contributed by atoms with Gasteiger partial charge in [0.05, 0.1) is 12.1 Å².